The van der Waals surface area contributed by atoms with Crippen molar-refractivity contribution in [2.75, 3.05) is 26.2 Å². The molecule has 3 aromatic rings. The van der Waals surface area contributed by atoms with Gasteiger partial charge in [-0.25, -0.2) is 9.07 Å². The zero-order valence-electron chi connectivity index (χ0n) is 19.0. The predicted molar refractivity (Wildman–Crippen MR) is 129 cm³/mol. The molecule has 0 radical (unpaired) electrons. The van der Waals surface area contributed by atoms with Gasteiger partial charge in [0.25, 0.3) is 17.4 Å². The van der Waals surface area contributed by atoms with E-state index in [0.29, 0.717) is 17.3 Å². The summed E-state index contributed by atoms with van der Waals surface area (Å²) in [5.74, 6) is -1.38. The van der Waals surface area contributed by atoms with Crippen LogP contribution in [0.5, 0.6) is 0 Å². The molecule has 1 aromatic heterocycles. The molecule has 9 heteroatoms. The highest BCUT2D eigenvalue weighted by Crippen LogP contribution is 2.20. The van der Waals surface area contributed by atoms with Crippen molar-refractivity contribution >= 4 is 34.2 Å². The minimum Gasteiger partial charge on any atom is -0.335 e. The number of nitrogens with zero attached hydrogens (tertiary/aromatic N) is 4. The van der Waals surface area contributed by atoms with Crippen LogP contribution in [0, 0.1) is 5.82 Å². The van der Waals surface area contributed by atoms with E-state index in [9.17, 15) is 18.8 Å². The largest absolute Gasteiger partial charge is 0.335 e. The highest BCUT2D eigenvalue weighted by Gasteiger charge is 2.29. The normalized spacial score (nSPS) is 14.0. The summed E-state index contributed by atoms with van der Waals surface area (Å²) >= 11 is 5.92. The summed E-state index contributed by atoms with van der Waals surface area (Å²) in [6.45, 7) is 3.59. The summed E-state index contributed by atoms with van der Waals surface area (Å²) in [5.41, 5.74) is -0.0614. The maximum atomic E-state index is 14.1. The number of aromatic nitrogens is 2. The number of rotatable bonds is 6. The summed E-state index contributed by atoms with van der Waals surface area (Å²) in [6, 6.07) is 10.9. The molecule has 7 nitrogen and oxygen atoms in total. The molecule has 2 heterocycles. The number of amides is 2. The molecule has 1 aliphatic heterocycles. The van der Waals surface area contributed by atoms with Gasteiger partial charge >= 0.3 is 0 Å². The van der Waals surface area contributed by atoms with Crippen molar-refractivity contribution in [2.45, 2.75) is 32.7 Å². The van der Waals surface area contributed by atoms with Crippen LogP contribution in [0.25, 0.3) is 10.8 Å². The quantitative estimate of drug-likeness (QED) is 0.496. The Balaban J connectivity index is 1.54. The van der Waals surface area contributed by atoms with E-state index in [1.54, 1.807) is 29.2 Å². The van der Waals surface area contributed by atoms with Crippen LogP contribution in [0.1, 0.15) is 47.0 Å². The van der Waals surface area contributed by atoms with Gasteiger partial charge in [-0.1, -0.05) is 49.6 Å². The van der Waals surface area contributed by atoms with Crippen LogP contribution < -0.4 is 5.56 Å². The third kappa shape index (κ3) is 4.82. The summed E-state index contributed by atoms with van der Waals surface area (Å²) in [7, 11) is 0. The second kappa shape index (κ2) is 10.3. The number of aryl methyl sites for hydroxylation is 1. The van der Waals surface area contributed by atoms with Crippen LogP contribution >= 0.6 is 11.6 Å². The van der Waals surface area contributed by atoms with E-state index in [1.165, 1.54) is 27.8 Å². The molecule has 0 saturated carbocycles. The Labute approximate surface area is 201 Å². The Bertz CT molecular complexity index is 1280. The summed E-state index contributed by atoms with van der Waals surface area (Å²) in [4.78, 5) is 42.2. The lowest BCUT2D eigenvalue weighted by Gasteiger charge is -2.34. The molecule has 0 spiro atoms. The van der Waals surface area contributed by atoms with Crippen LogP contribution in [-0.4, -0.2) is 57.6 Å². The lowest BCUT2D eigenvalue weighted by molar-refractivity contribution is 0.0529. The van der Waals surface area contributed by atoms with Gasteiger partial charge in [-0.3, -0.25) is 14.4 Å². The third-order valence-corrected chi connectivity index (χ3v) is 6.29. The molecule has 2 amide bonds. The zero-order valence-corrected chi connectivity index (χ0v) is 19.7. The Morgan fingerprint density at radius 2 is 1.62 bits per heavy atom. The average molecular weight is 485 g/mol. The van der Waals surface area contributed by atoms with Crippen molar-refractivity contribution < 1.29 is 14.0 Å². The number of carbonyl (C=O) groups excluding carboxylic acids is 2. The monoisotopic (exact) mass is 484 g/mol. The topological polar surface area (TPSA) is 75.5 Å². The van der Waals surface area contributed by atoms with Crippen molar-refractivity contribution in [1.82, 2.24) is 19.6 Å². The predicted octanol–water partition coefficient (Wildman–Crippen LogP) is 3.98. The van der Waals surface area contributed by atoms with Crippen LogP contribution in [0.4, 0.5) is 4.39 Å². The van der Waals surface area contributed by atoms with Crippen LogP contribution in [-0.2, 0) is 6.54 Å². The minimum absolute atomic E-state index is 0.0842. The number of hydrogen-bond donors (Lipinski definition) is 0. The fourth-order valence-corrected chi connectivity index (χ4v) is 4.32. The number of halogens is 2. The van der Waals surface area contributed by atoms with Gasteiger partial charge < -0.3 is 9.80 Å². The molecule has 34 heavy (non-hydrogen) atoms. The molecule has 0 bridgehead atoms. The number of piperazine rings is 1. The van der Waals surface area contributed by atoms with Gasteiger partial charge in [0.05, 0.1) is 10.9 Å². The van der Waals surface area contributed by atoms with Crippen molar-refractivity contribution in [3.05, 3.63) is 74.9 Å². The minimum atomic E-state index is -0.631. The third-order valence-electron chi connectivity index (χ3n) is 6.06. The van der Waals surface area contributed by atoms with E-state index >= 15 is 0 Å². The molecule has 4 rings (SSSR count). The zero-order chi connectivity index (χ0) is 24.2. The highest BCUT2D eigenvalue weighted by atomic mass is 35.5. The first kappa shape index (κ1) is 23.9. The number of benzene rings is 2. The van der Waals surface area contributed by atoms with Gasteiger partial charge in [0.15, 0.2) is 5.69 Å². The average Bonchev–Trinajstić information content (AvgIpc) is 2.86. The summed E-state index contributed by atoms with van der Waals surface area (Å²) < 4.78 is 15.5. The Morgan fingerprint density at radius 1 is 0.971 bits per heavy atom. The van der Waals surface area contributed by atoms with Crippen molar-refractivity contribution in [3.8, 4) is 0 Å². The van der Waals surface area contributed by atoms with Crippen molar-refractivity contribution in [2.24, 2.45) is 0 Å². The number of hydrogen-bond acceptors (Lipinski definition) is 4. The molecule has 0 unspecified atom stereocenters. The second-order valence-corrected chi connectivity index (χ2v) is 8.77. The summed E-state index contributed by atoms with van der Waals surface area (Å²) in [5, 5.41) is 5.70. The standard InChI is InChI=1S/C25H26ClFN4O3/c1-2-3-6-11-31-24(33)19-8-5-4-7-18(19)22(28-31)25(34)30-14-12-29(13-15-30)23(32)20-16-17(26)9-10-21(20)27/h4-5,7-10,16H,2-3,6,11-15H2,1H3. The number of fused-ring (bicyclic) bond motifs is 1. The summed E-state index contributed by atoms with van der Waals surface area (Å²) in [6.07, 6.45) is 2.78. The van der Waals surface area contributed by atoms with Gasteiger partial charge in [-0.05, 0) is 30.7 Å². The van der Waals surface area contributed by atoms with E-state index in [0.717, 1.165) is 19.3 Å². The first-order valence-electron chi connectivity index (χ1n) is 11.4. The van der Waals surface area contributed by atoms with Crippen molar-refractivity contribution in [3.63, 3.8) is 0 Å². The Morgan fingerprint density at radius 3 is 2.29 bits per heavy atom. The van der Waals surface area contributed by atoms with Crippen molar-refractivity contribution in [1.29, 1.82) is 0 Å². The molecular weight excluding hydrogens is 459 g/mol. The first-order valence-corrected chi connectivity index (χ1v) is 11.8. The van der Waals surface area contributed by atoms with Crippen LogP contribution in [0.3, 0.4) is 0 Å². The Kier molecular flexibility index (Phi) is 7.26. The maximum Gasteiger partial charge on any atom is 0.275 e. The van der Waals surface area contributed by atoms with E-state index in [1.807, 2.05) is 0 Å². The lowest BCUT2D eigenvalue weighted by atomic mass is 10.1. The molecule has 0 atom stereocenters. The molecular formula is C25H26ClFN4O3. The second-order valence-electron chi connectivity index (χ2n) is 8.34. The molecule has 1 fully saturated rings. The van der Waals surface area contributed by atoms with E-state index in [2.05, 4.69) is 12.0 Å². The van der Waals surface area contributed by atoms with E-state index in [-0.39, 0.29) is 53.9 Å². The van der Waals surface area contributed by atoms with E-state index < -0.39 is 11.7 Å². The van der Waals surface area contributed by atoms with Crippen LogP contribution in [0.15, 0.2) is 47.3 Å². The molecule has 178 valence electrons. The van der Waals surface area contributed by atoms with E-state index in [4.69, 9.17) is 11.6 Å². The Hall–Kier alpha value is -3.26. The van der Waals surface area contributed by atoms with Crippen LogP contribution in [0.2, 0.25) is 5.02 Å². The number of unbranched alkanes of at least 4 members (excludes halogenated alkanes) is 2. The van der Waals surface area contributed by atoms with Gasteiger partial charge in [0, 0.05) is 43.1 Å². The molecule has 0 N–H and O–H groups in total. The van der Waals surface area contributed by atoms with Gasteiger partial charge in [0.1, 0.15) is 5.82 Å². The molecule has 1 aliphatic rings. The fraction of sp³-hybridized carbons (Fsp3) is 0.360. The first-order chi connectivity index (χ1) is 16.4. The SMILES string of the molecule is CCCCCn1nc(C(=O)N2CCN(C(=O)c3cc(Cl)ccc3F)CC2)c2ccccc2c1=O. The number of carbonyl (C=O) groups is 2. The van der Waals surface area contributed by atoms with Gasteiger partial charge in [0.2, 0.25) is 0 Å². The highest BCUT2D eigenvalue weighted by molar-refractivity contribution is 6.31. The molecule has 2 aromatic carbocycles. The van der Waals surface area contributed by atoms with Gasteiger partial charge in [-0.2, -0.15) is 5.10 Å². The molecule has 0 aliphatic carbocycles. The maximum absolute atomic E-state index is 14.1. The molecule has 1 saturated heterocycles. The fourth-order valence-electron chi connectivity index (χ4n) is 4.15. The van der Waals surface area contributed by atoms with Gasteiger partial charge in [-0.15, -0.1) is 0 Å². The smallest absolute Gasteiger partial charge is 0.275 e. The lowest BCUT2D eigenvalue weighted by Crippen LogP contribution is -2.51.